The summed E-state index contributed by atoms with van der Waals surface area (Å²) in [5, 5.41) is 0. The predicted octanol–water partition coefficient (Wildman–Crippen LogP) is 7.86. The van der Waals surface area contributed by atoms with Gasteiger partial charge in [0.25, 0.3) is 0 Å². The van der Waals surface area contributed by atoms with Crippen LogP contribution in [0.25, 0.3) is 11.6 Å². The average Bonchev–Trinajstić information content (AvgIpc) is 3.16. The molecule has 0 spiro atoms. The molecule has 0 bridgehead atoms. The van der Waals surface area contributed by atoms with Crippen LogP contribution in [0.2, 0.25) is 0 Å². The van der Waals surface area contributed by atoms with Crippen LogP contribution < -0.4 is 9.47 Å². The van der Waals surface area contributed by atoms with Gasteiger partial charge in [-0.3, -0.25) is 0 Å². The molecule has 0 aromatic heterocycles. The molecule has 0 unspecified atom stereocenters. The van der Waals surface area contributed by atoms with E-state index in [1.165, 1.54) is 18.2 Å². The van der Waals surface area contributed by atoms with E-state index in [4.69, 9.17) is 0 Å². The normalized spacial score (nSPS) is 13.2. The highest BCUT2D eigenvalue weighted by Gasteiger charge is 2.36. The van der Waals surface area contributed by atoms with Gasteiger partial charge in [-0.15, -0.1) is 8.78 Å². The lowest BCUT2D eigenvalue weighted by Crippen LogP contribution is -2.32. The van der Waals surface area contributed by atoms with Crippen molar-refractivity contribution < 1.29 is 35.8 Å². The number of fused-ring (bicyclic) bond motifs is 1. The highest BCUT2D eigenvalue weighted by molar-refractivity contribution is 5.89. The summed E-state index contributed by atoms with van der Waals surface area (Å²) in [6.45, 7) is 1.90. The molecule has 0 heterocycles. The molecule has 3 aromatic carbocycles. The van der Waals surface area contributed by atoms with Gasteiger partial charge in [-0.1, -0.05) is 30.4 Å². The van der Waals surface area contributed by atoms with Crippen LogP contribution in [-0.2, 0) is 12.8 Å². The number of benzene rings is 3. The van der Waals surface area contributed by atoms with Crippen LogP contribution in [0.4, 0.5) is 26.3 Å². The summed E-state index contributed by atoms with van der Waals surface area (Å²) >= 11 is 0. The van der Waals surface area contributed by atoms with Crippen LogP contribution in [0, 0.1) is 23.3 Å². The zero-order valence-corrected chi connectivity index (χ0v) is 18.6. The second-order valence-corrected chi connectivity index (χ2v) is 7.99. The van der Waals surface area contributed by atoms with Gasteiger partial charge in [0.15, 0.2) is 11.6 Å². The van der Waals surface area contributed by atoms with E-state index in [0.29, 0.717) is 17.7 Å². The van der Waals surface area contributed by atoms with Crippen LogP contribution >= 0.6 is 0 Å². The number of hydrogen-bond acceptors (Lipinski definition) is 2. The van der Waals surface area contributed by atoms with Crippen molar-refractivity contribution in [3.8, 4) is 11.5 Å². The van der Waals surface area contributed by atoms with Crippen molar-refractivity contribution in [2.45, 2.75) is 32.5 Å². The standard InChI is InChI=1S/C27H20F6O2/c1-2-3-4-5-16-6-8-20(9-7-16)34-27(32,33)35-21-14-24(30)26(25(31)15-21)19-10-17-12-22(28)23(29)13-18(17)11-19/h2-3,6-10,12-15H,4-5,11H2,1H3/b3-2+. The van der Waals surface area contributed by atoms with Gasteiger partial charge in [-0.05, 0) is 72.7 Å². The lowest BCUT2D eigenvalue weighted by atomic mass is 10.0. The number of halogens is 6. The highest BCUT2D eigenvalue weighted by atomic mass is 19.3. The molecule has 0 atom stereocenters. The minimum atomic E-state index is -4.20. The van der Waals surface area contributed by atoms with Crippen molar-refractivity contribution in [1.29, 1.82) is 0 Å². The minimum absolute atomic E-state index is 0.0510. The molecule has 0 saturated heterocycles. The fourth-order valence-corrected chi connectivity index (χ4v) is 3.85. The second kappa shape index (κ2) is 9.90. The molecule has 0 fully saturated rings. The van der Waals surface area contributed by atoms with Crippen molar-refractivity contribution in [3.05, 3.63) is 106 Å². The molecule has 1 aliphatic rings. The SMILES string of the molecule is C/C=C/CCc1ccc(OC(F)(F)Oc2cc(F)c(C3=Cc4cc(F)c(F)cc4C3)c(F)c2)cc1. The van der Waals surface area contributed by atoms with Crippen LogP contribution in [0.5, 0.6) is 11.5 Å². The third-order valence-electron chi connectivity index (χ3n) is 5.46. The number of ether oxygens (including phenoxy) is 2. The predicted molar refractivity (Wildman–Crippen MR) is 120 cm³/mol. The Morgan fingerprint density at radius 1 is 0.829 bits per heavy atom. The van der Waals surface area contributed by atoms with E-state index in [1.807, 2.05) is 19.1 Å². The van der Waals surface area contributed by atoms with Crippen LogP contribution in [0.15, 0.2) is 60.7 Å². The molecular formula is C27H20F6O2. The number of alkyl halides is 2. The summed E-state index contributed by atoms with van der Waals surface area (Å²) in [6, 6.07) is 9.05. The van der Waals surface area contributed by atoms with E-state index in [9.17, 15) is 26.3 Å². The Morgan fingerprint density at radius 3 is 2.11 bits per heavy atom. The molecule has 35 heavy (non-hydrogen) atoms. The largest absolute Gasteiger partial charge is 0.586 e. The number of hydrogen-bond donors (Lipinski definition) is 0. The summed E-state index contributed by atoms with van der Waals surface area (Å²) in [7, 11) is 0. The molecule has 1 aliphatic carbocycles. The van der Waals surface area contributed by atoms with Crippen molar-refractivity contribution in [3.63, 3.8) is 0 Å². The van der Waals surface area contributed by atoms with Gasteiger partial charge >= 0.3 is 6.29 Å². The Kier molecular flexibility index (Phi) is 6.91. The summed E-state index contributed by atoms with van der Waals surface area (Å²) in [5.74, 6) is -5.46. The first-order valence-electron chi connectivity index (χ1n) is 10.8. The van der Waals surface area contributed by atoms with Gasteiger partial charge in [-0.2, -0.15) is 0 Å². The Bertz CT molecular complexity index is 1270. The van der Waals surface area contributed by atoms with Crippen LogP contribution in [0.3, 0.4) is 0 Å². The van der Waals surface area contributed by atoms with E-state index in [0.717, 1.165) is 30.5 Å². The topological polar surface area (TPSA) is 18.5 Å². The number of aryl methyl sites for hydroxylation is 1. The van der Waals surface area contributed by atoms with Gasteiger partial charge in [0.1, 0.15) is 23.1 Å². The fourth-order valence-electron chi connectivity index (χ4n) is 3.85. The Hall–Kier alpha value is -3.68. The molecule has 8 heteroatoms. The van der Waals surface area contributed by atoms with E-state index >= 15 is 0 Å². The lowest BCUT2D eigenvalue weighted by molar-refractivity contribution is -0.308. The summed E-state index contributed by atoms with van der Waals surface area (Å²) in [5.41, 5.74) is 1.18. The highest BCUT2D eigenvalue weighted by Crippen LogP contribution is 2.37. The third-order valence-corrected chi connectivity index (χ3v) is 5.46. The van der Waals surface area contributed by atoms with E-state index < -0.39 is 40.9 Å². The Balaban J connectivity index is 1.47. The Morgan fingerprint density at radius 2 is 1.46 bits per heavy atom. The van der Waals surface area contributed by atoms with E-state index in [2.05, 4.69) is 9.47 Å². The first-order chi connectivity index (χ1) is 16.6. The number of allylic oxidation sites excluding steroid dienone is 3. The molecule has 0 N–H and O–H groups in total. The third kappa shape index (κ3) is 5.70. The quantitative estimate of drug-likeness (QED) is 0.182. The smallest absolute Gasteiger partial charge is 0.399 e. The average molecular weight is 490 g/mol. The van der Waals surface area contributed by atoms with Crippen molar-refractivity contribution in [2.24, 2.45) is 0 Å². The maximum Gasteiger partial charge on any atom is 0.586 e. The van der Waals surface area contributed by atoms with Gasteiger partial charge in [0.2, 0.25) is 0 Å². The first-order valence-corrected chi connectivity index (χ1v) is 10.8. The monoisotopic (exact) mass is 490 g/mol. The first kappa shape index (κ1) is 24.4. The molecular weight excluding hydrogens is 470 g/mol. The van der Waals surface area contributed by atoms with Crippen molar-refractivity contribution >= 4 is 11.6 Å². The molecule has 0 saturated carbocycles. The summed E-state index contributed by atoms with van der Waals surface area (Å²) < 4.78 is 93.9. The van der Waals surface area contributed by atoms with Crippen molar-refractivity contribution in [1.82, 2.24) is 0 Å². The molecule has 4 rings (SSSR count). The van der Waals surface area contributed by atoms with Crippen molar-refractivity contribution in [2.75, 3.05) is 0 Å². The van der Waals surface area contributed by atoms with E-state index in [1.54, 1.807) is 12.1 Å². The maximum absolute atomic E-state index is 14.7. The van der Waals surface area contributed by atoms with Gasteiger partial charge < -0.3 is 9.47 Å². The van der Waals surface area contributed by atoms with Gasteiger partial charge in [-0.25, -0.2) is 17.6 Å². The zero-order chi connectivity index (χ0) is 25.2. The molecule has 0 aliphatic heterocycles. The summed E-state index contributed by atoms with van der Waals surface area (Å²) in [4.78, 5) is 0. The van der Waals surface area contributed by atoms with Crippen LogP contribution in [-0.4, -0.2) is 6.29 Å². The van der Waals surface area contributed by atoms with Gasteiger partial charge in [0.05, 0.1) is 0 Å². The fraction of sp³-hybridized carbons (Fsp3) is 0.185. The van der Waals surface area contributed by atoms with Gasteiger partial charge in [0, 0.05) is 17.7 Å². The molecule has 2 nitrogen and oxygen atoms in total. The maximum atomic E-state index is 14.7. The lowest BCUT2D eigenvalue weighted by Gasteiger charge is -2.19. The van der Waals surface area contributed by atoms with Crippen LogP contribution in [0.1, 0.15) is 35.6 Å². The second-order valence-electron chi connectivity index (χ2n) is 7.99. The molecule has 0 radical (unpaired) electrons. The molecule has 3 aromatic rings. The molecule has 182 valence electrons. The number of rotatable bonds is 8. The summed E-state index contributed by atoms with van der Waals surface area (Å²) in [6.07, 6.45) is 2.50. The molecule has 0 amide bonds. The minimum Gasteiger partial charge on any atom is -0.399 e. The Labute approximate surface area is 198 Å². The zero-order valence-electron chi connectivity index (χ0n) is 18.6. The van der Waals surface area contributed by atoms with E-state index in [-0.39, 0.29) is 23.3 Å².